The highest BCUT2D eigenvalue weighted by Gasteiger charge is 2.46. The molecule has 0 bridgehead atoms. The summed E-state index contributed by atoms with van der Waals surface area (Å²) < 4.78 is 38.9. The molecule has 0 aromatic carbocycles. The predicted molar refractivity (Wildman–Crippen MR) is 69.0 cm³/mol. The van der Waals surface area contributed by atoms with E-state index in [4.69, 9.17) is 0 Å². The molecule has 1 fully saturated rings. The zero-order valence-corrected chi connectivity index (χ0v) is 11.5. The summed E-state index contributed by atoms with van der Waals surface area (Å²) >= 11 is 0. The third-order valence-corrected chi connectivity index (χ3v) is 3.78. The van der Waals surface area contributed by atoms with Crippen LogP contribution in [-0.2, 0) is 29.4 Å². The number of hydrogen-bond donors (Lipinski definition) is 0. The van der Waals surface area contributed by atoms with Crippen LogP contribution >= 0.6 is 0 Å². The van der Waals surface area contributed by atoms with Gasteiger partial charge in [0, 0.05) is 7.05 Å². The number of alkyl halides is 3. The number of allylic oxidation sites excluding steroid dienone is 2. The Morgan fingerprint density at radius 1 is 1.14 bits per heavy atom. The summed E-state index contributed by atoms with van der Waals surface area (Å²) in [5.74, 6) is -1.95. The van der Waals surface area contributed by atoms with Crippen LogP contribution < -0.4 is 0 Å². The van der Waals surface area contributed by atoms with E-state index in [0.29, 0.717) is 4.68 Å². The molecule has 2 atom stereocenters. The van der Waals surface area contributed by atoms with Crippen LogP contribution in [0.3, 0.4) is 0 Å². The van der Waals surface area contributed by atoms with Gasteiger partial charge in [0.2, 0.25) is 11.8 Å². The average Bonchev–Trinajstić information content (AvgIpc) is 2.93. The van der Waals surface area contributed by atoms with Gasteiger partial charge >= 0.3 is 6.18 Å². The second kappa shape index (κ2) is 4.82. The summed E-state index contributed by atoms with van der Waals surface area (Å²) in [5.41, 5.74) is -0.887. The molecule has 5 nitrogen and oxygen atoms in total. The van der Waals surface area contributed by atoms with Gasteiger partial charge in [0.1, 0.15) is 5.69 Å². The topological polar surface area (TPSA) is 55.2 Å². The highest BCUT2D eigenvalue weighted by Crippen LogP contribution is 2.33. The number of aromatic nitrogens is 2. The third-order valence-electron chi connectivity index (χ3n) is 3.78. The largest absolute Gasteiger partial charge is 0.433 e. The first kappa shape index (κ1) is 14.6. The molecule has 22 heavy (non-hydrogen) atoms. The minimum atomic E-state index is -4.53. The number of halogens is 3. The summed E-state index contributed by atoms with van der Waals surface area (Å²) in [6.45, 7) is -0.254. The molecule has 1 saturated heterocycles. The molecule has 0 unspecified atom stereocenters. The van der Waals surface area contributed by atoms with Gasteiger partial charge in [0.15, 0.2) is 0 Å². The highest BCUT2D eigenvalue weighted by atomic mass is 19.4. The van der Waals surface area contributed by atoms with Crippen LogP contribution in [0.15, 0.2) is 30.4 Å². The van der Waals surface area contributed by atoms with E-state index in [0.717, 1.165) is 11.0 Å². The fraction of sp³-hybridized carbons (Fsp3) is 0.357. The molecule has 8 heteroatoms. The minimum Gasteiger partial charge on any atom is -0.275 e. The van der Waals surface area contributed by atoms with Crippen LogP contribution in [0.25, 0.3) is 0 Å². The molecule has 0 spiro atoms. The van der Waals surface area contributed by atoms with E-state index < -0.39 is 35.5 Å². The van der Waals surface area contributed by atoms with Crippen molar-refractivity contribution in [2.45, 2.75) is 12.7 Å². The lowest BCUT2D eigenvalue weighted by Gasteiger charge is -2.12. The number of amides is 2. The molecule has 2 amide bonds. The second-order valence-electron chi connectivity index (χ2n) is 5.23. The normalized spacial score (nSPS) is 24.3. The van der Waals surface area contributed by atoms with Crippen molar-refractivity contribution in [3.8, 4) is 0 Å². The molecule has 0 radical (unpaired) electrons. The van der Waals surface area contributed by atoms with E-state index in [-0.39, 0.29) is 12.2 Å². The first-order chi connectivity index (χ1) is 10.3. The van der Waals surface area contributed by atoms with E-state index in [2.05, 4.69) is 5.10 Å². The number of likely N-dealkylation sites (tertiary alicyclic amines) is 1. The fourth-order valence-corrected chi connectivity index (χ4v) is 2.73. The van der Waals surface area contributed by atoms with Crippen molar-refractivity contribution in [1.29, 1.82) is 0 Å². The van der Waals surface area contributed by atoms with E-state index in [9.17, 15) is 22.8 Å². The summed E-state index contributed by atoms with van der Waals surface area (Å²) in [4.78, 5) is 25.4. The van der Waals surface area contributed by atoms with Crippen molar-refractivity contribution in [1.82, 2.24) is 14.7 Å². The number of rotatable bonds is 2. The minimum absolute atomic E-state index is 0.0307. The quantitative estimate of drug-likeness (QED) is 0.781. The molecule has 116 valence electrons. The number of carbonyl (C=O) groups is 2. The van der Waals surface area contributed by atoms with Crippen molar-refractivity contribution in [2.24, 2.45) is 18.9 Å². The number of nitrogens with zero attached hydrogens (tertiary/aromatic N) is 3. The second-order valence-corrected chi connectivity index (χ2v) is 5.23. The highest BCUT2D eigenvalue weighted by molar-refractivity contribution is 6.07. The van der Waals surface area contributed by atoms with Crippen molar-refractivity contribution < 1.29 is 22.8 Å². The average molecular weight is 311 g/mol. The van der Waals surface area contributed by atoms with Crippen LogP contribution in [0.2, 0.25) is 0 Å². The Hall–Kier alpha value is -2.38. The van der Waals surface area contributed by atoms with Crippen molar-refractivity contribution >= 4 is 11.8 Å². The Morgan fingerprint density at radius 2 is 1.68 bits per heavy atom. The molecule has 1 aliphatic heterocycles. The van der Waals surface area contributed by atoms with Crippen LogP contribution in [0.5, 0.6) is 0 Å². The maximum absolute atomic E-state index is 12.7. The molecule has 2 aliphatic rings. The molecule has 1 aliphatic carbocycles. The Balaban J connectivity index is 1.85. The Bertz CT molecular complexity index is 673. The lowest BCUT2D eigenvalue weighted by Crippen LogP contribution is -2.30. The van der Waals surface area contributed by atoms with Crippen LogP contribution in [0, 0.1) is 11.8 Å². The van der Waals surface area contributed by atoms with Gasteiger partial charge in [-0.05, 0) is 6.07 Å². The van der Waals surface area contributed by atoms with Crippen molar-refractivity contribution in [3.05, 3.63) is 41.8 Å². The SMILES string of the molecule is Cn1nc(CN2C(=O)[C@@H]3C=CC=C[C@H]3C2=O)cc1C(F)(F)F. The van der Waals surface area contributed by atoms with Crippen molar-refractivity contribution in [3.63, 3.8) is 0 Å². The first-order valence-electron chi connectivity index (χ1n) is 6.59. The van der Waals surface area contributed by atoms with Crippen LogP contribution in [0.1, 0.15) is 11.4 Å². The van der Waals surface area contributed by atoms with Gasteiger partial charge in [-0.25, -0.2) is 0 Å². The first-order valence-corrected chi connectivity index (χ1v) is 6.59. The molecule has 2 heterocycles. The standard InChI is InChI=1S/C14H12F3N3O2/c1-19-11(14(15,16)17)6-8(18-19)7-20-12(21)9-4-2-3-5-10(9)13(20)22/h2-6,9-10H,7H2,1H3/t9-,10-/m1/s1. The van der Waals surface area contributed by atoms with Gasteiger partial charge in [-0.2, -0.15) is 18.3 Å². The van der Waals surface area contributed by atoms with Gasteiger partial charge in [-0.3, -0.25) is 19.2 Å². The lowest BCUT2D eigenvalue weighted by atomic mass is 9.91. The van der Waals surface area contributed by atoms with Gasteiger partial charge in [0.25, 0.3) is 0 Å². The molecule has 0 N–H and O–H groups in total. The fourth-order valence-electron chi connectivity index (χ4n) is 2.73. The van der Waals surface area contributed by atoms with E-state index in [1.165, 1.54) is 7.05 Å². The predicted octanol–water partition coefficient (Wildman–Crippen LogP) is 1.67. The number of aryl methyl sites for hydroxylation is 1. The molecule has 1 aromatic heterocycles. The smallest absolute Gasteiger partial charge is 0.275 e. The zero-order valence-electron chi connectivity index (χ0n) is 11.5. The number of carbonyl (C=O) groups excluding carboxylic acids is 2. The summed E-state index contributed by atoms with van der Waals surface area (Å²) in [6.07, 6.45) is 2.09. The Kier molecular flexibility index (Phi) is 3.19. The van der Waals surface area contributed by atoms with E-state index in [1.807, 2.05) is 0 Å². The summed E-state index contributed by atoms with van der Waals surface area (Å²) in [7, 11) is 1.17. The van der Waals surface area contributed by atoms with Gasteiger partial charge in [0.05, 0.1) is 24.1 Å². The molecule has 1 aromatic rings. The van der Waals surface area contributed by atoms with Gasteiger partial charge in [-0.15, -0.1) is 0 Å². The summed E-state index contributed by atoms with van der Waals surface area (Å²) in [5, 5.41) is 3.74. The summed E-state index contributed by atoms with van der Waals surface area (Å²) in [6, 6.07) is 0.855. The van der Waals surface area contributed by atoms with Crippen molar-refractivity contribution in [2.75, 3.05) is 0 Å². The Labute approximate surface area is 123 Å². The third kappa shape index (κ3) is 2.24. The molecular formula is C14H12F3N3O2. The van der Waals surface area contributed by atoms with Crippen LogP contribution in [0.4, 0.5) is 13.2 Å². The van der Waals surface area contributed by atoms with E-state index in [1.54, 1.807) is 24.3 Å². The van der Waals surface area contributed by atoms with Crippen LogP contribution in [-0.4, -0.2) is 26.5 Å². The number of hydrogen-bond acceptors (Lipinski definition) is 3. The number of imide groups is 1. The van der Waals surface area contributed by atoms with Gasteiger partial charge in [-0.1, -0.05) is 24.3 Å². The monoisotopic (exact) mass is 311 g/mol. The number of fused-ring (bicyclic) bond motifs is 1. The van der Waals surface area contributed by atoms with E-state index >= 15 is 0 Å². The lowest BCUT2D eigenvalue weighted by molar-refractivity contribution is -0.143. The molecular weight excluding hydrogens is 299 g/mol. The van der Waals surface area contributed by atoms with Gasteiger partial charge < -0.3 is 0 Å². The maximum Gasteiger partial charge on any atom is 0.433 e. The molecule has 0 saturated carbocycles. The Morgan fingerprint density at radius 3 is 2.14 bits per heavy atom. The maximum atomic E-state index is 12.7. The zero-order chi connectivity index (χ0) is 16.1. The molecule has 3 rings (SSSR count).